The first-order valence-corrected chi connectivity index (χ1v) is 11.8. The largest absolute Gasteiger partial charge is 0.495 e. The van der Waals surface area contributed by atoms with Crippen molar-refractivity contribution in [2.45, 2.75) is 18.7 Å². The second-order valence-electron chi connectivity index (χ2n) is 7.14. The molecule has 0 spiro atoms. The lowest BCUT2D eigenvalue weighted by Gasteiger charge is -2.13. The predicted octanol–water partition coefficient (Wildman–Crippen LogP) is 4.11. The van der Waals surface area contributed by atoms with Gasteiger partial charge in [-0.25, -0.2) is 8.42 Å². The van der Waals surface area contributed by atoms with Gasteiger partial charge in [0, 0.05) is 23.9 Å². The van der Waals surface area contributed by atoms with Gasteiger partial charge in [0.05, 0.1) is 24.3 Å². The molecule has 0 saturated heterocycles. The molecule has 0 bridgehead atoms. The minimum absolute atomic E-state index is 0.0669. The van der Waals surface area contributed by atoms with Gasteiger partial charge in [0.25, 0.3) is 15.9 Å². The van der Waals surface area contributed by atoms with E-state index in [0.29, 0.717) is 35.2 Å². The minimum atomic E-state index is -3.93. The fraction of sp³-hybridized carbons (Fsp3) is 0.167. The van der Waals surface area contributed by atoms with Crippen LogP contribution in [0.1, 0.15) is 24.2 Å². The first-order valence-electron chi connectivity index (χ1n) is 10.3. The van der Waals surface area contributed by atoms with Crippen LogP contribution in [0, 0.1) is 0 Å². The van der Waals surface area contributed by atoms with E-state index < -0.39 is 15.9 Å². The molecular formula is C24H25N3O6S. The molecule has 0 fully saturated rings. The zero-order valence-electron chi connectivity index (χ0n) is 18.9. The first kappa shape index (κ1) is 24.6. The molecule has 10 heteroatoms. The molecule has 0 aliphatic rings. The third-order valence-corrected chi connectivity index (χ3v) is 5.97. The maximum absolute atomic E-state index is 12.8. The van der Waals surface area contributed by atoms with Gasteiger partial charge in [0.15, 0.2) is 0 Å². The number of amides is 2. The van der Waals surface area contributed by atoms with E-state index in [0.717, 1.165) is 0 Å². The summed E-state index contributed by atoms with van der Waals surface area (Å²) in [6, 6.07) is 16.9. The molecule has 9 nitrogen and oxygen atoms in total. The Bertz CT molecular complexity index is 1290. The Labute approximate surface area is 198 Å². The third kappa shape index (κ3) is 6.26. The van der Waals surface area contributed by atoms with Crippen molar-refractivity contribution in [1.82, 2.24) is 0 Å². The SMILES string of the molecule is CCOc1ccc(NS(=O)(=O)c2cccc(C(=O)Nc3ccc(OC)c(NC(C)=O)c3)c2)cc1. The number of carbonyl (C=O) groups is 2. The molecule has 0 saturated carbocycles. The number of carbonyl (C=O) groups excluding carboxylic acids is 2. The average Bonchev–Trinajstić information content (AvgIpc) is 2.80. The second-order valence-corrected chi connectivity index (χ2v) is 8.82. The highest BCUT2D eigenvalue weighted by atomic mass is 32.2. The lowest BCUT2D eigenvalue weighted by molar-refractivity contribution is -0.114. The molecule has 3 aromatic carbocycles. The molecule has 34 heavy (non-hydrogen) atoms. The molecule has 0 aliphatic carbocycles. The summed E-state index contributed by atoms with van der Waals surface area (Å²) >= 11 is 0. The van der Waals surface area contributed by atoms with Crippen molar-refractivity contribution in [3.63, 3.8) is 0 Å². The molecule has 0 aliphatic heterocycles. The van der Waals surface area contributed by atoms with Crippen molar-refractivity contribution < 1.29 is 27.5 Å². The van der Waals surface area contributed by atoms with Crippen molar-refractivity contribution in [1.29, 1.82) is 0 Å². The summed E-state index contributed by atoms with van der Waals surface area (Å²) in [5.74, 6) is 0.253. The number of ether oxygens (including phenoxy) is 2. The highest BCUT2D eigenvalue weighted by Gasteiger charge is 2.17. The van der Waals surface area contributed by atoms with Crippen molar-refractivity contribution in [3.8, 4) is 11.5 Å². The number of hydrogen-bond acceptors (Lipinski definition) is 6. The number of hydrogen-bond donors (Lipinski definition) is 3. The smallest absolute Gasteiger partial charge is 0.261 e. The van der Waals surface area contributed by atoms with Crippen LogP contribution in [0.3, 0.4) is 0 Å². The Morgan fingerprint density at radius 3 is 2.26 bits per heavy atom. The summed E-state index contributed by atoms with van der Waals surface area (Å²) in [6.07, 6.45) is 0. The monoisotopic (exact) mass is 483 g/mol. The Balaban J connectivity index is 1.77. The molecule has 3 rings (SSSR count). The first-order chi connectivity index (χ1) is 16.2. The van der Waals surface area contributed by atoms with Crippen molar-refractivity contribution in [3.05, 3.63) is 72.3 Å². The molecule has 2 amide bonds. The lowest BCUT2D eigenvalue weighted by atomic mass is 10.2. The Morgan fingerprint density at radius 2 is 1.62 bits per heavy atom. The van der Waals surface area contributed by atoms with Crippen molar-refractivity contribution in [2.75, 3.05) is 29.1 Å². The number of benzene rings is 3. The Morgan fingerprint density at radius 1 is 0.912 bits per heavy atom. The number of anilines is 3. The van der Waals surface area contributed by atoms with Gasteiger partial charge in [-0.1, -0.05) is 6.07 Å². The molecule has 0 aromatic heterocycles. The summed E-state index contributed by atoms with van der Waals surface area (Å²) in [7, 11) is -2.47. The summed E-state index contributed by atoms with van der Waals surface area (Å²) in [6.45, 7) is 3.72. The molecule has 0 unspecified atom stereocenters. The average molecular weight is 484 g/mol. The van der Waals surface area contributed by atoms with Crippen LogP contribution in [-0.4, -0.2) is 33.9 Å². The molecule has 0 radical (unpaired) electrons. The van der Waals surface area contributed by atoms with Crippen molar-refractivity contribution >= 4 is 38.9 Å². The van der Waals surface area contributed by atoms with Crippen LogP contribution < -0.4 is 24.8 Å². The number of rotatable bonds is 9. The lowest BCUT2D eigenvalue weighted by Crippen LogP contribution is -2.16. The summed E-state index contributed by atoms with van der Waals surface area (Å²) in [5, 5.41) is 5.32. The quantitative estimate of drug-likeness (QED) is 0.421. The fourth-order valence-electron chi connectivity index (χ4n) is 3.08. The van der Waals surface area contributed by atoms with E-state index in [9.17, 15) is 18.0 Å². The van der Waals surface area contributed by atoms with E-state index in [2.05, 4.69) is 15.4 Å². The molecule has 3 N–H and O–H groups in total. The molecule has 0 atom stereocenters. The van der Waals surface area contributed by atoms with Crippen LogP contribution in [-0.2, 0) is 14.8 Å². The maximum Gasteiger partial charge on any atom is 0.261 e. The van der Waals surface area contributed by atoms with Crippen LogP contribution >= 0.6 is 0 Å². The van der Waals surface area contributed by atoms with E-state index >= 15 is 0 Å². The van der Waals surface area contributed by atoms with Crippen LogP contribution in [0.15, 0.2) is 71.6 Å². The minimum Gasteiger partial charge on any atom is -0.495 e. The summed E-state index contributed by atoms with van der Waals surface area (Å²) in [5.41, 5.74) is 1.30. The van der Waals surface area contributed by atoms with E-state index in [1.807, 2.05) is 6.92 Å². The Kier molecular flexibility index (Phi) is 7.75. The van der Waals surface area contributed by atoms with Crippen molar-refractivity contribution in [2.24, 2.45) is 0 Å². The molecular weight excluding hydrogens is 458 g/mol. The summed E-state index contributed by atoms with van der Waals surface area (Å²) in [4.78, 5) is 24.1. The van der Waals surface area contributed by atoms with Gasteiger partial charge >= 0.3 is 0 Å². The molecule has 3 aromatic rings. The second kappa shape index (κ2) is 10.7. The van der Waals surface area contributed by atoms with Gasteiger partial charge in [-0.15, -0.1) is 0 Å². The standard InChI is InChI=1S/C24H25N3O6S/c1-4-33-20-11-8-18(9-12-20)27-34(30,31)21-7-5-6-17(14-21)24(29)26-19-10-13-23(32-3)22(15-19)25-16(2)28/h5-15,27H,4H2,1-3H3,(H,25,28)(H,26,29). The highest BCUT2D eigenvalue weighted by molar-refractivity contribution is 7.92. The van der Waals surface area contributed by atoms with Crippen LogP contribution in [0.4, 0.5) is 17.1 Å². The Hall–Kier alpha value is -4.05. The van der Waals surface area contributed by atoms with Gasteiger partial charge in [0.2, 0.25) is 5.91 Å². The number of sulfonamides is 1. The maximum atomic E-state index is 12.8. The van der Waals surface area contributed by atoms with Gasteiger partial charge in [-0.3, -0.25) is 14.3 Å². The molecule has 178 valence electrons. The topological polar surface area (TPSA) is 123 Å². The third-order valence-electron chi connectivity index (χ3n) is 4.59. The number of methoxy groups -OCH3 is 1. The zero-order valence-corrected chi connectivity index (χ0v) is 19.7. The zero-order chi connectivity index (χ0) is 24.7. The van der Waals surface area contributed by atoms with Gasteiger partial charge in [0.1, 0.15) is 11.5 Å². The highest BCUT2D eigenvalue weighted by Crippen LogP contribution is 2.28. The van der Waals surface area contributed by atoms with E-state index in [1.165, 1.54) is 38.3 Å². The van der Waals surface area contributed by atoms with Gasteiger partial charge in [-0.2, -0.15) is 0 Å². The van der Waals surface area contributed by atoms with E-state index in [1.54, 1.807) is 42.5 Å². The van der Waals surface area contributed by atoms with Crippen LogP contribution in [0.5, 0.6) is 11.5 Å². The summed E-state index contributed by atoms with van der Waals surface area (Å²) < 4.78 is 38.7. The van der Waals surface area contributed by atoms with Crippen LogP contribution in [0.2, 0.25) is 0 Å². The van der Waals surface area contributed by atoms with Crippen LogP contribution in [0.25, 0.3) is 0 Å². The normalized spacial score (nSPS) is 10.8. The molecule has 0 heterocycles. The number of nitrogens with one attached hydrogen (secondary N) is 3. The van der Waals surface area contributed by atoms with E-state index in [-0.39, 0.29) is 16.4 Å². The predicted molar refractivity (Wildman–Crippen MR) is 130 cm³/mol. The van der Waals surface area contributed by atoms with Gasteiger partial charge < -0.3 is 20.1 Å². The fourth-order valence-corrected chi connectivity index (χ4v) is 4.18. The van der Waals surface area contributed by atoms with Gasteiger partial charge in [-0.05, 0) is 67.6 Å². The van der Waals surface area contributed by atoms with E-state index in [4.69, 9.17) is 9.47 Å².